The number of nitrogens with two attached hydrogens (primary N) is 1. The van der Waals surface area contributed by atoms with Crippen molar-refractivity contribution in [2.24, 2.45) is 11.7 Å². The first kappa shape index (κ1) is 13.3. The van der Waals surface area contributed by atoms with Gasteiger partial charge in [0, 0.05) is 23.9 Å². The molecule has 2 fully saturated rings. The Labute approximate surface area is 134 Å². The van der Waals surface area contributed by atoms with Crippen LogP contribution in [0, 0.1) is 5.92 Å². The van der Waals surface area contributed by atoms with E-state index >= 15 is 0 Å². The number of aromatic amines is 1. The average molecular weight is 307 g/mol. The van der Waals surface area contributed by atoms with Crippen LogP contribution in [0.4, 0.5) is 0 Å². The van der Waals surface area contributed by atoms with Crippen molar-refractivity contribution in [2.45, 2.75) is 37.6 Å². The first-order valence-corrected chi connectivity index (χ1v) is 8.55. The molecule has 5 heteroatoms. The Balaban J connectivity index is 1.54. The van der Waals surface area contributed by atoms with Crippen LogP contribution in [0.15, 0.2) is 30.6 Å². The summed E-state index contributed by atoms with van der Waals surface area (Å²) in [6.07, 6.45) is 8.98. The van der Waals surface area contributed by atoms with Crippen molar-refractivity contribution in [1.29, 1.82) is 0 Å². The maximum Gasteiger partial charge on any atom is 0.0886 e. The first-order valence-electron chi connectivity index (χ1n) is 8.55. The van der Waals surface area contributed by atoms with E-state index in [-0.39, 0.29) is 0 Å². The molecule has 2 aliphatic carbocycles. The highest BCUT2D eigenvalue weighted by atomic mass is 15.3. The highest BCUT2D eigenvalue weighted by Crippen LogP contribution is 2.45. The summed E-state index contributed by atoms with van der Waals surface area (Å²) in [5.74, 6) is 1.30. The van der Waals surface area contributed by atoms with E-state index in [0.29, 0.717) is 17.9 Å². The topological polar surface area (TPSA) is 72.5 Å². The number of fused-ring (bicyclic) bond motifs is 1. The standard InChI is InChI=1S/C18H21N5/c19-9-11-7-13(8-11)23-10-14(18(22-23)12-1-2-12)15-3-4-16-17(21-15)5-6-20-16/h3-6,10-13,20H,1-2,7-9,19H2. The van der Waals surface area contributed by atoms with Gasteiger partial charge in [0.25, 0.3) is 0 Å². The summed E-state index contributed by atoms with van der Waals surface area (Å²) in [5, 5.41) is 4.94. The van der Waals surface area contributed by atoms with E-state index in [9.17, 15) is 0 Å². The van der Waals surface area contributed by atoms with Crippen molar-refractivity contribution in [3.05, 3.63) is 36.3 Å². The van der Waals surface area contributed by atoms with Gasteiger partial charge in [-0.15, -0.1) is 0 Å². The molecule has 0 aliphatic heterocycles. The molecule has 2 aliphatic rings. The molecule has 3 N–H and O–H groups in total. The smallest absolute Gasteiger partial charge is 0.0886 e. The summed E-state index contributed by atoms with van der Waals surface area (Å²) >= 11 is 0. The van der Waals surface area contributed by atoms with Crippen molar-refractivity contribution in [2.75, 3.05) is 6.54 Å². The molecule has 0 unspecified atom stereocenters. The van der Waals surface area contributed by atoms with Gasteiger partial charge in [0.2, 0.25) is 0 Å². The molecule has 3 heterocycles. The van der Waals surface area contributed by atoms with E-state index in [0.717, 1.165) is 36.1 Å². The number of rotatable bonds is 4. The molecule has 0 atom stereocenters. The Bertz CT molecular complexity index is 851. The summed E-state index contributed by atoms with van der Waals surface area (Å²) in [6, 6.07) is 6.76. The van der Waals surface area contributed by atoms with Crippen LogP contribution in [0.2, 0.25) is 0 Å². The average Bonchev–Trinajstić information content (AvgIpc) is 3.10. The zero-order valence-corrected chi connectivity index (χ0v) is 13.1. The lowest BCUT2D eigenvalue weighted by Gasteiger charge is -2.34. The van der Waals surface area contributed by atoms with Gasteiger partial charge >= 0.3 is 0 Å². The molecule has 0 aromatic carbocycles. The predicted molar refractivity (Wildman–Crippen MR) is 90.1 cm³/mol. The van der Waals surface area contributed by atoms with Crippen LogP contribution in [0.25, 0.3) is 22.3 Å². The number of nitrogens with one attached hydrogen (secondary N) is 1. The number of pyridine rings is 1. The van der Waals surface area contributed by atoms with Gasteiger partial charge in [-0.25, -0.2) is 4.98 Å². The minimum absolute atomic E-state index is 0.519. The Hall–Kier alpha value is -2.14. The van der Waals surface area contributed by atoms with Crippen LogP contribution < -0.4 is 5.73 Å². The largest absolute Gasteiger partial charge is 0.360 e. The second-order valence-corrected chi connectivity index (χ2v) is 7.02. The number of nitrogens with zero attached hydrogens (tertiary/aromatic N) is 3. The van der Waals surface area contributed by atoms with Gasteiger partial charge in [-0.2, -0.15) is 5.10 Å². The molecular formula is C18H21N5. The fraction of sp³-hybridized carbons (Fsp3) is 0.444. The van der Waals surface area contributed by atoms with E-state index in [1.54, 1.807) is 0 Å². The molecule has 3 aromatic heterocycles. The summed E-state index contributed by atoms with van der Waals surface area (Å²) in [7, 11) is 0. The number of aromatic nitrogens is 4. The first-order chi connectivity index (χ1) is 11.3. The highest BCUT2D eigenvalue weighted by Gasteiger charge is 2.34. The fourth-order valence-electron chi connectivity index (χ4n) is 3.64. The zero-order chi connectivity index (χ0) is 15.4. The fourth-order valence-corrected chi connectivity index (χ4v) is 3.64. The molecule has 0 bridgehead atoms. The van der Waals surface area contributed by atoms with Crippen LogP contribution in [-0.4, -0.2) is 26.3 Å². The molecule has 0 radical (unpaired) electrons. The molecule has 118 valence electrons. The second kappa shape index (κ2) is 4.93. The maximum absolute atomic E-state index is 5.76. The molecule has 0 amide bonds. The summed E-state index contributed by atoms with van der Waals surface area (Å²) in [4.78, 5) is 8.03. The Morgan fingerprint density at radius 3 is 2.87 bits per heavy atom. The molecule has 2 saturated carbocycles. The summed E-state index contributed by atoms with van der Waals surface area (Å²) in [6.45, 7) is 0.797. The van der Waals surface area contributed by atoms with Crippen LogP contribution in [0.1, 0.15) is 43.3 Å². The normalized spacial score (nSPS) is 24.0. The van der Waals surface area contributed by atoms with E-state index in [2.05, 4.69) is 28.0 Å². The van der Waals surface area contributed by atoms with Crippen LogP contribution in [-0.2, 0) is 0 Å². The maximum atomic E-state index is 5.76. The minimum atomic E-state index is 0.519. The predicted octanol–water partition coefficient (Wildman–Crippen LogP) is 3.21. The van der Waals surface area contributed by atoms with Crippen molar-refractivity contribution < 1.29 is 0 Å². The lowest BCUT2D eigenvalue weighted by atomic mass is 9.80. The van der Waals surface area contributed by atoms with Crippen LogP contribution in [0.5, 0.6) is 0 Å². The van der Waals surface area contributed by atoms with E-state index in [1.807, 2.05) is 12.3 Å². The monoisotopic (exact) mass is 307 g/mol. The SMILES string of the molecule is NCC1CC(n2cc(-c3ccc4[nH]ccc4n3)c(C3CC3)n2)C1. The van der Waals surface area contributed by atoms with Gasteiger partial charge in [-0.05, 0) is 56.3 Å². The van der Waals surface area contributed by atoms with Crippen molar-refractivity contribution >= 4 is 11.0 Å². The number of hydrogen-bond donors (Lipinski definition) is 2. The quantitative estimate of drug-likeness (QED) is 0.777. The Morgan fingerprint density at radius 1 is 1.22 bits per heavy atom. The highest BCUT2D eigenvalue weighted by molar-refractivity contribution is 5.79. The van der Waals surface area contributed by atoms with Gasteiger partial charge in [0.05, 0.1) is 28.5 Å². The third kappa shape index (κ3) is 2.18. The molecule has 0 saturated heterocycles. The van der Waals surface area contributed by atoms with Gasteiger partial charge in [-0.3, -0.25) is 4.68 Å². The van der Waals surface area contributed by atoms with Crippen molar-refractivity contribution in [3.63, 3.8) is 0 Å². The number of H-pyrrole nitrogens is 1. The lowest BCUT2D eigenvalue weighted by Crippen LogP contribution is -2.32. The summed E-state index contributed by atoms with van der Waals surface area (Å²) < 4.78 is 2.18. The molecule has 5 rings (SSSR count). The van der Waals surface area contributed by atoms with Gasteiger partial charge in [0.1, 0.15) is 0 Å². The lowest BCUT2D eigenvalue weighted by molar-refractivity contribution is 0.189. The van der Waals surface area contributed by atoms with Crippen LogP contribution in [0.3, 0.4) is 0 Å². The Kier molecular flexibility index (Phi) is 2.85. The van der Waals surface area contributed by atoms with Gasteiger partial charge in [0.15, 0.2) is 0 Å². The van der Waals surface area contributed by atoms with E-state index in [1.165, 1.54) is 24.1 Å². The van der Waals surface area contributed by atoms with E-state index < -0.39 is 0 Å². The zero-order valence-electron chi connectivity index (χ0n) is 13.1. The third-order valence-corrected chi connectivity index (χ3v) is 5.32. The third-order valence-electron chi connectivity index (χ3n) is 5.32. The Morgan fingerprint density at radius 2 is 2.09 bits per heavy atom. The minimum Gasteiger partial charge on any atom is -0.360 e. The van der Waals surface area contributed by atoms with Gasteiger partial charge < -0.3 is 10.7 Å². The summed E-state index contributed by atoms with van der Waals surface area (Å²) in [5.41, 5.74) is 11.4. The molecular weight excluding hydrogens is 286 g/mol. The van der Waals surface area contributed by atoms with E-state index in [4.69, 9.17) is 15.8 Å². The number of hydrogen-bond acceptors (Lipinski definition) is 3. The molecule has 3 aromatic rings. The van der Waals surface area contributed by atoms with Crippen molar-refractivity contribution in [1.82, 2.24) is 19.7 Å². The molecule has 0 spiro atoms. The van der Waals surface area contributed by atoms with Crippen LogP contribution >= 0.6 is 0 Å². The molecule has 5 nitrogen and oxygen atoms in total. The second-order valence-electron chi connectivity index (χ2n) is 7.02. The van der Waals surface area contributed by atoms with Gasteiger partial charge in [-0.1, -0.05) is 0 Å². The molecule has 23 heavy (non-hydrogen) atoms. The van der Waals surface area contributed by atoms with Crippen molar-refractivity contribution in [3.8, 4) is 11.3 Å².